The Morgan fingerprint density at radius 1 is 0.515 bits per heavy atom. The monoisotopic (exact) mass is 430 g/mol. The number of hydrogen-bond acceptors (Lipinski definition) is 1. The van der Waals surface area contributed by atoms with Crippen LogP contribution in [0.2, 0.25) is 0 Å². The molecule has 0 atom stereocenters. The summed E-state index contributed by atoms with van der Waals surface area (Å²) in [7, 11) is 0. The second-order valence-electron chi connectivity index (χ2n) is 9.34. The number of benzene rings is 6. The third-order valence-electron chi connectivity index (χ3n) is 7.19. The summed E-state index contributed by atoms with van der Waals surface area (Å²) < 4.78 is 6.50. The molecule has 0 N–H and O–H groups in total. The van der Waals surface area contributed by atoms with Gasteiger partial charge in [0.25, 0.3) is 0 Å². The molecule has 0 aliphatic rings. The van der Waals surface area contributed by atoms with Gasteiger partial charge in [-0.05, 0) is 61.6 Å². The summed E-state index contributed by atoms with van der Waals surface area (Å²) in [6.07, 6.45) is 7.64. The summed E-state index contributed by atoms with van der Waals surface area (Å²) in [4.78, 5) is 0. The lowest BCUT2D eigenvalue weighted by atomic mass is 9.86. The predicted octanol–water partition coefficient (Wildman–Crippen LogP) is 9.63. The Hall–Kier alpha value is -3.32. The lowest BCUT2D eigenvalue weighted by Gasteiger charge is -2.19. The molecule has 0 fully saturated rings. The molecule has 0 aliphatic carbocycles. The van der Waals surface area contributed by atoms with E-state index < -0.39 is 0 Å². The first-order chi connectivity index (χ1) is 16.4. The normalized spacial score (nSPS) is 12.0. The Kier molecular flexibility index (Phi) is 5.26. The van der Waals surface area contributed by atoms with Crippen LogP contribution in [0.1, 0.15) is 45.4 Å². The average Bonchev–Trinajstić information content (AvgIpc) is 2.86. The fraction of sp³-hybridized carbons (Fsp3) is 0.250. The summed E-state index contributed by atoms with van der Waals surface area (Å²) in [5, 5.41) is 13.1. The zero-order valence-electron chi connectivity index (χ0n) is 19.4. The van der Waals surface area contributed by atoms with Crippen molar-refractivity contribution in [3.8, 4) is 5.75 Å². The van der Waals surface area contributed by atoms with E-state index in [1.165, 1.54) is 86.0 Å². The highest BCUT2D eigenvalue weighted by Gasteiger charge is 2.18. The van der Waals surface area contributed by atoms with Crippen LogP contribution in [-0.2, 0) is 0 Å². The van der Waals surface area contributed by atoms with Gasteiger partial charge in [-0.1, -0.05) is 106 Å². The molecule has 0 amide bonds. The molecule has 1 heteroatoms. The van der Waals surface area contributed by atoms with Gasteiger partial charge in [0.2, 0.25) is 0 Å². The molecule has 33 heavy (non-hydrogen) atoms. The van der Waals surface area contributed by atoms with Crippen molar-refractivity contribution in [3.63, 3.8) is 0 Å². The molecule has 6 rings (SSSR count). The number of fused-ring (bicyclic) bond motifs is 5. The molecular formula is C32H30O. The third-order valence-corrected chi connectivity index (χ3v) is 7.19. The Labute approximate surface area is 195 Å². The van der Waals surface area contributed by atoms with Gasteiger partial charge in [-0.3, -0.25) is 0 Å². The fourth-order valence-corrected chi connectivity index (χ4v) is 5.62. The van der Waals surface area contributed by atoms with Crippen molar-refractivity contribution in [2.45, 2.75) is 45.4 Å². The first kappa shape index (κ1) is 20.3. The van der Waals surface area contributed by atoms with Gasteiger partial charge in [0, 0.05) is 10.8 Å². The predicted molar refractivity (Wildman–Crippen MR) is 144 cm³/mol. The van der Waals surface area contributed by atoms with Crippen LogP contribution in [0, 0.1) is 0 Å². The van der Waals surface area contributed by atoms with Crippen LogP contribution in [0.15, 0.2) is 78.9 Å². The van der Waals surface area contributed by atoms with Gasteiger partial charge in [0.05, 0.1) is 6.61 Å². The van der Waals surface area contributed by atoms with Crippen molar-refractivity contribution in [1.29, 1.82) is 0 Å². The van der Waals surface area contributed by atoms with Crippen molar-refractivity contribution in [1.82, 2.24) is 0 Å². The van der Waals surface area contributed by atoms with E-state index in [1.807, 2.05) is 0 Å². The molecule has 6 aromatic carbocycles. The molecule has 0 saturated heterocycles. The minimum Gasteiger partial charge on any atom is -0.493 e. The van der Waals surface area contributed by atoms with Crippen molar-refractivity contribution < 1.29 is 4.74 Å². The maximum Gasteiger partial charge on any atom is 0.127 e. The molecule has 0 unspecified atom stereocenters. The van der Waals surface area contributed by atoms with Crippen LogP contribution in [0.25, 0.3) is 53.9 Å². The van der Waals surface area contributed by atoms with Crippen molar-refractivity contribution >= 4 is 53.9 Å². The molecule has 0 bridgehead atoms. The smallest absolute Gasteiger partial charge is 0.127 e. The molecule has 0 aromatic heterocycles. The van der Waals surface area contributed by atoms with Crippen LogP contribution in [0.4, 0.5) is 0 Å². The van der Waals surface area contributed by atoms with E-state index in [4.69, 9.17) is 4.74 Å². The highest BCUT2D eigenvalue weighted by atomic mass is 16.5. The van der Waals surface area contributed by atoms with E-state index in [-0.39, 0.29) is 0 Å². The Balaban J connectivity index is 1.57. The molecule has 6 aromatic rings. The summed E-state index contributed by atoms with van der Waals surface area (Å²) in [5.41, 5.74) is 0. The fourth-order valence-electron chi connectivity index (χ4n) is 5.62. The second-order valence-corrected chi connectivity index (χ2v) is 9.34. The van der Waals surface area contributed by atoms with Crippen molar-refractivity contribution in [2.75, 3.05) is 6.61 Å². The Morgan fingerprint density at radius 3 is 2.12 bits per heavy atom. The van der Waals surface area contributed by atoms with Crippen molar-refractivity contribution in [2.24, 2.45) is 0 Å². The Bertz CT molecular complexity index is 1580. The molecule has 164 valence electrons. The van der Waals surface area contributed by atoms with E-state index in [0.29, 0.717) is 0 Å². The summed E-state index contributed by atoms with van der Waals surface area (Å²) in [5.74, 6) is 1.02. The first-order valence-electron chi connectivity index (χ1n) is 12.5. The molecule has 0 aliphatic heterocycles. The summed E-state index contributed by atoms with van der Waals surface area (Å²) in [6.45, 7) is 3.05. The number of hydrogen-bond donors (Lipinski definition) is 0. The van der Waals surface area contributed by atoms with E-state index in [1.54, 1.807) is 0 Å². The topological polar surface area (TPSA) is 9.23 Å². The number of ether oxygens (including phenoxy) is 1. The largest absolute Gasteiger partial charge is 0.493 e. The average molecular weight is 431 g/mol. The van der Waals surface area contributed by atoms with Gasteiger partial charge in [0.15, 0.2) is 0 Å². The molecule has 1 nitrogen and oxygen atoms in total. The molecule has 0 saturated carbocycles. The lowest BCUT2D eigenvalue weighted by Crippen LogP contribution is -1.99. The van der Waals surface area contributed by atoms with Crippen molar-refractivity contribution in [3.05, 3.63) is 78.9 Å². The van der Waals surface area contributed by atoms with Crippen LogP contribution < -0.4 is 4.74 Å². The Morgan fingerprint density at radius 2 is 1.21 bits per heavy atom. The summed E-state index contributed by atoms with van der Waals surface area (Å²) >= 11 is 0. The molecule has 0 spiro atoms. The number of rotatable bonds is 8. The van der Waals surface area contributed by atoms with Gasteiger partial charge in [-0.15, -0.1) is 0 Å². The van der Waals surface area contributed by atoms with Gasteiger partial charge < -0.3 is 4.74 Å². The molecule has 0 heterocycles. The molecular weight excluding hydrogens is 400 g/mol. The zero-order chi connectivity index (χ0) is 22.2. The second kappa shape index (κ2) is 8.56. The maximum absolute atomic E-state index is 6.50. The van der Waals surface area contributed by atoms with E-state index in [9.17, 15) is 0 Å². The van der Waals surface area contributed by atoms with E-state index >= 15 is 0 Å². The summed E-state index contributed by atoms with van der Waals surface area (Å²) in [6, 6.07) is 29.0. The highest BCUT2D eigenvalue weighted by Crippen LogP contribution is 2.46. The standard InChI is InChI=1S/C32H30O/c1-2-3-4-5-6-9-20-33-28-17-11-16-27-26-15-10-13-22-18-19-24-21-23-12-7-8-14-25(23)32(31(27)28)30(24)29(22)26/h7-8,10-19,21H,2-6,9,20H2,1H3. The molecule has 0 radical (unpaired) electrons. The third kappa shape index (κ3) is 3.38. The maximum atomic E-state index is 6.50. The van der Waals surface area contributed by atoms with Gasteiger partial charge >= 0.3 is 0 Å². The zero-order valence-corrected chi connectivity index (χ0v) is 19.4. The lowest BCUT2D eigenvalue weighted by molar-refractivity contribution is 0.308. The van der Waals surface area contributed by atoms with E-state index in [0.717, 1.165) is 18.8 Å². The minimum absolute atomic E-state index is 0.780. The van der Waals surface area contributed by atoms with Crippen LogP contribution >= 0.6 is 0 Å². The van der Waals surface area contributed by atoms with Gasteiger partial charge in [-0.25, -0.2) is 0 Å². The highest BCUT2D eigenvalue weighted by molar-refractivity contribution is 6.39. The number of unbranched alkanes of at least 4 members (excludes halogenated alkanes) is 5. The van der Waals surface area contributed by atoms with Gasteiger partial charge in [-0.2, -0.15) is 0 Å². The van der Waals surface area contributed by atoms with Crippen LogP contribution in [-0.4, -0.2) is 6.61 Å². The SMILES string of the molecule is CCCCCCCCOc1cccc2c3cccc4ccc5cc6ccccc6c(c12)c5c43. The van der Waals surface area contributed by atoms with Crippen LogP contribution in [0.5, 0.6) is 5.75 Å². The quantitative estimate of drug-likeness (QED) is 0.133. The van der Waals surface area contributed by atoms with E-state index in [2.05, 4.69) is 85.8 Å². The minimum atomic E-state index is 0.780. The van der Waals surface area contributed by atoms with Gasteiger partial charge in [0.1, 0.15) is 5.75 Å². The first-order valence-corrected chi connectivity index (χ1v) is 12.5. The van der Waals surface area contributed by atoms with Crippen LogP contribution in [0.3, 0.4) is 0 Å².